The van der Waals surface area contributed by atoms with E-state index in [1.165, 1.54) is 46.6 Å². The van der Waals surface area contributed by atoms with E-state index in [1.807, 2.05) is 0 Å². The van der Waals surface area contributed by atoms with Gasteiger partial charge in [-0.15, -0.1) is 0 Å². The quantitative estimate of drug-likeness (QED) is 0.513. The average molecular weight is 404 g/mol. The standard InChI is InChI=1S/C18H20N4O5S/c1-19-8-6-16(23)18-17(24)7-9-22(20-18)14-2-4-15(5-3-14)28(25,26)21-10-12-27-13-11-21/h2-5,7-9H,6,10-13H2,1H3. The van der Waals surface area contributed by atoms with Crippen LogP contribution in [0.3, 0.4) is 0 Å². The molecule has 9 nitrogen and oxygen atoms in total. The molecule has 1 aromatic carbocycles. The summed E-state index contributed by atoms with van der Waals surface area (Å²) in [6, 6.07) is 7.36. The van der Waals surface area contributed by atoms with Gasteiger partial charge in [-0.2, -0.15) is 9.40 Å². The van der Waals surface area contributed by atoms with Crippen LogP contribution in [0.1, 0.15) is 16.9 Å². The van der Waals surface area contributed by atoms with Gasteiger partial charge in [-0.25, -0.2) is 13.1 Å². The molecule has 148 valence electrons. The summed E-state index contributed by atoms with van der Waals surface area (Å²) in [7, 11) is -2.06. The fourth-order valence-electron chi connectivity index (χ4n) is 2.72. The number of benzene rings is 1. The second-order valence-corrected chi connectivity index (χ2v) is 7.99. The minimum atomic E-state index is -3.59. The van der Waals surface area contributed by atoms with Crippen LogP contribution in [0.25, 0.3) is 5.69 Å². The molecule has 2 aromatic rings. The zero-order valence-corrected chi connectivity index (χ0v) is 16.1. The largest absolute Gasteiger partial charge is 0.379 e. The van der Waals surface area contributed by atoms with Gasteiger partial charge < -0.3 is 9.73 Å². The van der Waals surface area contributed by atoms with Gasteiger partial charge in [0.05, 0.1) is 23.8 Å². The zero-order chi connectivity index (χ0) is 20.1. The topological polar surface area (TPSA) is 111 Å². The molecule has 0 unspecified atom stereocenters. The molecule has 1 aliphatic rings. The molecule has 1 aromatic heterocycles. The Hall–Kier alpha value is -2.69. The van der Waals surface area contributed by atoms with Crippen LogP contribution < -0.4 is 5.43 Å². The molecule has 0 bridgehead atoms. The van der Waals surface area contributed by atoms with E-state index in [2.05, 4.69) is 10.1 Å². The summed E-state index contributed by atoms with van der Waals surface area (Å²) >= 11 is 0. The number of ketones is 1. The number of sulfonamides is 1. The monoisotopic (exact) mass is 404 g/mol. The minimum Gasteiger partial charge on any atom is -0.379 e. The molecule has 1 fully saturated rings. The van der Waals surface area contributed by atoms with Crippen LogP contribution in [-0.4, -0.2) is 67.9 Å². The second-order valence-electron chi connectivity index (χ2n) is 6.05. The SMILES string of the molecule is CN=CCC(=O)c1nn(-c2ccc(S(=O)(=O)N3CCOCC3)cc2)ccc1=O. The Balaban J connectivity index is 1.87. The summed E-state index contributed by atoms with van der Waals surface area (Å²) in [5, 5.41) is 4.09. The molecule has 28 heavy (non-hydrogen) atoms. The van der Waals surface area contributed by atoms with Crippen molar-refractivity contribution in [3.63, 3.8) is 0 Å². The first-order chi connectivity index (χ1) is 13.4. The molecule has 0 radical (unpaired) electrons. The van der Waals surface area contributed by atoms with Gasteiger partial charge in [0.2, 0.25) is 15.5 Å². The third kappa shape index (κ3) is 4.24. The van der Waals surface area contributed by atoms with E-state index >= 15 is 0 Å². The molecule has 10 heteroatoms. The van der Waals surface area contributed by atoms with Crippen LogP contribution in [0.4, 0.5) is 0 Å². The van der Waals surface area contributed by atoms with Crippen LogP contribution in [0.2, 0.25) is 0 Å². The lowest BCUT2D eigenvalue weighted by molar-refractivity contribution is 0.0730. The first kappa shape index (κ1) is 20.1. The van der Waals surface area contributed by atoms with E-state index in [4.69, 9.17) is 4.74 Å². The fraction of sp³-hybridized carbons (Fsp3) is 0.333. The van der Waals surface area contributed by atoms with Crippen molar-refractivity contribution < 1.29 is 17.9 Å². The normalized spacial score (nSPS) is 15.8. The first-order valence-corrected chi connectivity index (χ1v) is 10.1. The third-order valence-electron chi connectivity index (χ3n) is 4.24. The van der Waals surface area contributed by atoms with Gasteiger partial charge in [0.1, 0.15) is 0 Å². The van der Waals surface area contributed by atoms with Gasteiger partial charge in [0.25, 0.3) is 0 Å². The predicted octanol–water partition coefficient (Wildman–Crippen LogP) is 0.527. The van der Waals surface area contributed by atoms with Gasteiger partial charge in [-0.3, -0.25) is 9.59 Å². The lowest BCUT2D eigenvalue weighted by atomic mass is 10.2. The van der Waals surface area contributed by atoms with E-state index < -0.39 is 21.2 Å². The lowest BCUT2D eigenvalue weighted by Crippen LogP contribution is -2.40. The van der Waals surface area contributed by atoms with Gasteiger partial charge in [-0.05, 0) is 24.3 Å². The molecule has 0 saturated carbocycles. The van der Waals surface area contributed by atoms with Crippen molar-refractivity contribution in [1.29, 1.82) is 0 Å². The van der Waals surface area contributed by atoms with Gasteiger partial charge in [-0.1, -0.05) is 0 Å². The van der Waals surface area contributed by atoms with Crippen molar-refractivity contribution in [2.45, 2.75) is 11.3 Å². The third-order valence-corrected chi connectivity index (χ3v) is 6.15. The van der Waals surface area contributed by atoms with Crippen molar-refractivity contribution in [3.05, 3.63) is 52.4 Å². The number of morpholine rings is 1. The highest BCUT2D eigenvalue weighted by atomic mass is 32.2. The van der Waals surface area contributed by atoms with Gasteiger partial charge in [0, 0.05) is 45.0 Å². The number of hydrogen-bond donors (Lipinski definition) is 0. The van der Waals surface area contributed by atoms with E-state index in [9.17, 15) is 18.0 Å². The number of hydrogen-bond acceptors (Lipinski definition) is 7. The van der Waals surface area contributed by atoms with Crippen molar-refractivity contribution in [2.24, 2.45) is 4.99 Å². The average Bonchev–Trinajstić information content (AvgIpc) is 2.73. The highest BCUT2D eigenvalue weighted by Crippen LogP contribution is 2.18. The molecule has 3 rings (SSSR count). The van der Waals surface area contributed by atoms with Crippen LogP contribution in [0, 0.1) is 0 Å². The number of carbonyl (C=O) groups is 1. The second kappa shape index (κ2) is 8.55. The Morgan fingerprint density at radius 3 is 2.54 bits per heavy atom. The highest BCUT2D eigenvalue weighted by Gasteiger charge is 2.26. The van der Waals surface area contributed by atoms with Crippen LogP contribution >= 0.6 is 0 Å². The molecule has 0 aliphatic carbocycles. The summed E-state index contributed by atoms with van der Waals surface area (Å²) < 4.78 is 33.3. The number of aromatic nitrogens is 2. The molecule has 1 aliphatic heterocycles. The van der Waals surface area contributed by atoms with Crippen LogP contribution in [-0.2, 0) is 14.8 Å². The number of rotatable bonds is 6. The zero-order valence-electron chi connectivity index (χ0n) is 15.3. The fourth-order valence-corrected chi connectivity index (χ4v) is 4.13. The van der Waals surface area contributed by atoms with Crippen LogP contribution in [0.5, 0.6) is 0 Å². The van der Waals surface area contributed by atoms with Crippen LogP contribution in [0.15, 0.2) is 51.2 Å². The molecular formula is C18H20N4O5S. The van der Waals surface area contributed by atoms with E-state index in [0.29, 0.717) is 32.0 Å². The van der Waals surface area contributed by atoms with E-state index in [-0.39, 0.29) is 17.0 Å². The summed E-state index contributed by atoms with van der Waals surface area (Å²) in [5.74, 6) is -0.434. The maximum atomic E-state index is 12.7. The number of carbonyl (C=O) groups excluding carboxylic acids is 1. The molecule has 0 spiro atoms. The van der Waals surface area contributed by atoms with Gasteiger partial charge in [0.15, 0.2) is 11.5 Å². The Kier molecular flexibility index (Phi) is 6.12. The molecule has 0 atom stereocenters. The maximum absolute atomic E-state index is 12.7. The molecule has 0 amide bonds. The predicted molar refractivity (Wildman–Crippen MR) is 103 cm³/mol. The Morgan fingerprint density at radius 2 is 1.89 bits per heavy atom. The van der Waals surface area contributed by atoms with E-state index in [1.54, 1.807) is 12.1 Å². The minimum absolute atomic E-state index is 0.0144. The lowest BCUT2D eigenvalue weighted by Gasteiger charge is -2.26. The Morgan fingerprint density at radius 1 is 1.21 bits per heavy atom. The summed E-state index contributed by atoms with van der Waals surface area (Å²) in [4.78, 5) is 27.9. The smallest absolute Gasteiger partial charge is 0.243 e. The number of Topliss-reactive ketones (excluding diaryl/α,β-unsaturated/α-hetero) is 1. The summed E-state index contributed by atoms with van der Waals surface area (Å²) in [6.45, 7) is 1.38. The first-order valence-electron chi connectivity index (χ1n) is 8.65. The maximum Gasteiger partial charge on any atom is 0.243 e. The molecule has 1 saturated heterocycles. The molecular weight excluding hydrogens is 384 g/mol. The van der Waals surface area contributed by atoms with Crippen molar-refractivity contribution in [3.8, 4) is 5.69 Å². The highest BCUT2D eigenvalue weighted by molar-refractivity contribution is 7.89. The molecule has 2 heterocycles. The van der Waals surface area contributed by atoms with Crippen molar-refractivity contribution >= 4 is 22.0 Å². The number of aliphatic imine (C=N–C) groups is 1. The Bertz CT molecular complexity index is 1040. The number of ether oxygens (including phenoxy) is 1. The van der Waals surface area contributed by atoms with Crippen molar-refractivity contribution in [1.82, 2.24) is 14.1 Å². The van der Waals surface area contributed by atoms with E-state index in [0.717, 1.165) is 0 Å². The van der Waals surface area contributed by atoms with Crippen molar-refractivity contribution in [2.75, 3.05) is 33.4 Å². The van der Waals surface area contributed by atoms with Gasteiger partial charge >= 0.3 is 0 Å². The summed E-state index contributed by atoms with van der Waals surface area (Å²) in [5.41, 5.74) is -0.135. The molecule has 0 N–H and O–H groups in total. The Labute approximate surface area is 162 Å². The number of nitrogens with zero attached hydrogens (tertiary/aromatic N) is 4. The summed E-state index contributed by atoms with van der Waals surface area (Å²) in [6.07, 6.45) is 2.82.